The zero-order valence-corrected chi connectivity index (χ0v) is 24.6. The fraction of sp³-hybridized carbons (Fsp3) is 0.464. The second-order valence-electron chi connectivity index (χ2n) is 9.59. The predicted molar refractivity (Wildman–Crippen MR) is 158 cm³/mol. The molecule has 216 valence electrons. The molecule has 3 aromatic rings. The minimum absolute atomic E-state index is 0.0215. The Morgan fingerprint density at radius 2 is 1.85 bits per heavy atom. The van der Waals surface area contributed by atoms with Crippen LogP contribution in [-0.2, 0) is 22.6 Å². The van der Waals surface area contributed by atoms with Gasteiger partial charge in [0.1, 0.15) is 24.0 Å². The summed E-state index contributed by atoms with van der Waals surface area (Å²) in [5.41, 5.74) is 2.51. The molecular weight excluding hydrogens is 532 g/mol. The summed E-state index contributed by atoms with van der Waals surface area (Å²) in [7, 11) is 3.37. The first-order chi connectivity index (χ1) is 19.1. The number of carbonyl (C=O) groups is 2. The number of nitro benzene ring substituents is 1. The number of nitrogens with zero attached hydrogens (tertiary/aromatic N) is 6. The summed E-state index contributed by atoms with van der Waals surface area (Å²) in [4.78, 5) is 48.6. The van der Waals surface area contributed by atoms with Crippen molar-refractivity contribution in [1.82, 2.24) is 24.4 Å². The standard InChI is InChI=1S/C28H38N6O5S/c1-6-32(7-2)15-16-33-25-13-10-22(34(37)38)19-24(25)29-27(33)18-21-8-11-23(12-9-21)39-31(5)20(3)30(4)28(36)26(40)14-17-35/h8-13,17,19-20,26,40H,6-7,14-16,18H2,1-5H3. The number of nitro groups is 1. The molecule has 0 spiro atoms. The lowest BCUT2D eigenvalue weighted by Gasteiger charge is -2.33. The first-order valence-electron chi connectivity index (χ1n) is 13.3. The van der Waals surface area contributed by atoms with Crippen LogP contribution in [0.2, 0.25) is 0 Å². The van der Waals surface area contributed by atoms with Crippen molar-refractivity contribution < 1.29 is 19.3 Å². The number of likely N-dealkylation sites (N-methyl/N-ethyl adjacent to an activating group) is 1. The summed E-state index contributed by atoms with van der Waals surface area (Å²) in [5, 5.41) is 12.2. The average Bonchev–Trinajstić information content (AvgIpc) is 3.29. The van der Waals surface area contributed by atoms with Gasteiger partial charge in [-0.1, -0.05) is 26.0 Å². The fourth-order valence-electron chi connectivity index (χ4n) is 4.40. The lowest BCUT2D eigenvalue weighted by molar-refractivity contribution is -0.384. The Kier molecular flexibility index (Phi) is 11.1. The highest BCUT2D eigenvalue weighted by Gasteiger charge is 2.25. The maximum absolute atomic E-state index is 12.5. The number of aldehydes is 1. The van der Waals surface area contributed by atoms with E-state index in [2.05, 4.69) is 35.9 Å². The molecule has 0 aliphatic rings. The predicted octanol–water partition coefficient (Wildman–Crippen LogP) is 3.79. The van der Waals surface area contributed by atoms with E-state index in [-0.39, 0.29) is 18.0 Å². The second kappa shape index (κ2) is 14.2. The minimum Gasteiger partial charge on any atom is -0.404 e. The number of hydrogen-bond acceptors (Lipinski definition) is 9. The van der Waals surface area contributed by atoms with Crippen LogP contribution in [0.5, 0.6) is 5.75 Å². The van der Waals surface area contributed by atoms with Crippen molar-refractivity contribution in [1.29, 1.82) is 0 Å². The Balaban J connectivity index is 1.76. The molecule has 1 amide bonds. The summed E-state index contributed by atoms with van der Waals surface area (Å²) >= 11 is 4.21. The molecule has 0 saturated carbocycles. The molecule has 2 unspecified atom stereocenters. The molecule has 0 aliphatic carbocycles. The van der Waals surface area contributed by atoms with Gasteiger partial charge in [-0.25, -0.2) is 4.98 Å². The molecule has 0 saturated heterocycles. The van der Waals surface area contributed by atoms with Crippen molar-refractivity contribution in [2.75, 3.05) is 33.7 Å². The van der Waals surface area contributed by atoms with Crippen molar-refractivity contribution in [3.05, 3.63) is 64.0 Å². The van der Waals surface area contributed by atoms with Gasteiger partial charge in [0.15, 0.2) is 0 Å². The smallest absolute Gasteiger partial charge is 0.271 e. The first-order valence-corrected chi connectivity index (χ1v) is 13.8. The third-order valence-corrected chi connectivity index (χ3v) is 7.56. The second-order valence-corrected chi connectivity index (χ2v) is 10.2. The average molecular weight is 571 g/mol. The molecule has 12 heteroatoms. The van der Waals surface area contributed by atoms with Gasteiger partial charge in [-0.3, -0.25) is 14.9 Å². The Bertz CT molecular complexity index is 1310. The zero-order valence-electron chi connectivity index (χ0n) is 23.7. The number of carbonyl (C=O) groups excluding carboxylic acids is 2. The largest absolute Gasteiger partial charge is 0.404 e. The topological polar surface area (TPSA) is 114 Å². The number of fused-ring (bicyclic) bond motifs is 1. The normalized spacial score (nSPS) is 13.0. The highest BCUT2D eigenvalue weighted by molar-refractivity contribution is 7.81. The van der Waals surface area contributed by atoms with Crippen molar-refractivity contribution >= 4 is 41.5 Å². The molecule has 2 atom stereocenters. The van der Waals surface area contributed by atoms with Crippen molar-refractivity contribution in [3.8, 4) is 5.75 Å². The number of thiol groups is 1. The van der Waals surface area contributed by atoms with E-state index in [1.54, 1.807) is 25.2 Å². The van der Waals surface area contributed by atoms with E-state index in [9.17, 15) is 19.7 Å². The van der Waals surface area contributed by atoms with Gasteiger partial charge in [-0.15, -0.1) is 5.06 Å². The summed E-state index contributed by atoms with van der Waals surface area (Å²) in [6.45, 7) is 9.53. The van der Waals surface area contributed by atoms with Gasteiger partial charge in [-0.2, -0.15) is 12.6 Å². The molecule has 1 aromatic heterocycles. The van der Waals surface area contributed by atoms with Crippen molar-refractivity contribution in [3.63, 3.8) is 0 Å². The van der Waals surface area contributed by atoms with Crippen LogP contribution in [0, 0.1) is 10.1 Å². The van der Waals surface area contributed by atoms with Gasteiger partial charge in [0, 0.05) is 52.2 Å². The van der Waals surface area contributed by atoms with Crippen molar-refractivity contribution in [2.45, 2.75) is 51.6 Å². The molecule has 0 fully saturated rings. The highest BCUT2D eigenvalue weighted by atomic mass is 32.1. The molecule has 2 aromatic carbocycles. The molecule has 3 rings (SSSR count). The molecule has 11 nitrogen and oxygen atoms in total. The Labute approximate surface area is 240 Å². The quantitative estimate of drug-likeness (QED) is 0.0965. The van der Waals surface area contributed by atoms with E-state index in [4.69, 9.17) is 9.82 Å². The van der Waals surface area contributed by atoms with Gasteiger partial charge in [0.25, 0.3) is 5.69 Å². The minimum atomic E-state index is -0.694. The van der Waals surface area contributed by atoms with E-state index in [1.807, 2.05) is 31.2 Å². The van der Waals surface area contributed by atoms with Crippen LogP contribution in [0.25, 0.3) is 11.0 Å². The number of hydroxylamine groups is 2. The molecule has 40 heavy (non-hydrogen) atoms. The van der Waals surface area contributed by atoms with Crippen LogP contribution in [0.15, 0.2) is 42.5 Å². The maximum atomic E-state index is 12.5. The Morgan fingerprint density at radius 1 is 1.18 bits per heavy atom. The van der Waals surface area contributed by atoms with E-state index in [1.165, 1.54) is 17.0 Å². The lowest BCUT2D eigenvalue weighted by atomic mass is 10.1. The SMILES string of the molecule is CCN(CC)CCn1c(Cc2ccc(ON(C)C(C)N(C)C(=O)C(S)CC=O)cc2)nc2cc([N+](=O)[O-])ccc21. The lowest BCUT2D eigenvalue weighted by Crippen LogP contribution is -2.49. The first kappa shape index (κ1) is 31.1. The summed E-state index contributed by atoms with van der Waals surface area (Å²) < 4.78 is 2.14. The molecular formula is C28H38N6O5S. The maximum Gasteiger partial charge on any atom is 0.271 e. The monoisotopic (exact) mass is 570 g/mol. The van der Waals surface area contributed by atoms with E-state index >= 15 is 0 Å². The number of amides is 1. The number of imidazole rings is 1. The van der Waals surface area contributed by atoms with Gasteiger partial charge in [0.05, 0.1) is 21.2 Å². The molecule has 1 heterocycles. The van der Waals surface area contributed by atoms with Crippen molar-refractivity contribution in [2.24, 2.45) is 0 Å². The third-order valence-electron chi connectivity index (χ3n) is 7.13. The van der Waals surface area contributed by atoms with E-state index in [0.717, 1.165) is 43.1 Å². The van der Waals surface area contributed by atoms with E-state index in [0.29, 0.717) is 24.0 Å². The Morgan fingerprint density at radius 3 is 2.45 bits per heavy atom. The zero-order chi connectivity index (χ0) is 29.4. The fourth-order valence-corrected chi connectivity index (χ4v) is 4.66. The molecule has 0 bridgehead atoms. The van der Waals surface area contributed by atoms with Gasteiger partial charge >= 0.3 is 0 Å². The number of non-ortho nitro benzene ring substituents is 1. The van der Waals surface area contributed by atoms with Gasteiger partial charge in [-0.05, 0) is 43.8 Å². The number of rotatable bonds is 15. The summed E-state index contributed by atoms with van der Waals surface area (Å²) in [6, 6.07) is 12.4. The molecule has 0 radical (unpaired) electrons. The number of hydrogen-bond donors (Lipinski definition) is 1. The molecule has 0 N–H and O–H groups in total. The third kappa shape index (κ3) is 7.58. The van der Waals surface area contributed by atoms with Crippen LogP contribution in [-0.4, -0.2) is 86.7 Å². The van der Waals surface area contributed by atoms with Gasteiger partial charge < -0.3 is 24.0 Å². The molecule has 0 aliphatic heterocycles. The van der Waals surface area contributed by atoms with Crippen LogP contribution in [0.1, 0.15) is 38.6 Å². The number of benzene rings is 2. The van der Waals surface area contributed by atoms with Crippen LogP contribution in [0.4, 0.5) is 5.69 Å². The summed E-state index contributed by atoms with van der Waals surface area (Å²) in [6.07, 6.45) is 0.874. The van der Waals surface area contributed by atoms with Crippen LogP contribution in [0.3, 0.4) is 0 Å². The van der Waals surface area contributed by atoms with Crippen LogP contribution < -0.4 is 4.84 Å². The highest BCUT2D eigenvalue weighted by Crippen LogP contribution is 2.24. The number of aromatic nitrogens is 2. The van der Waals surface area contributed by atoms with E-state index < -0.39 is 16.3 Å². The van der Waals surface area contributed by atoms with Crippen LogP contribution >= 0.6 is 12.6 Å². The summed E-state index contributed by atoms with van der Waals surface area (Å²) in [5.74, 6) is 1.17. The Hall–Kier alpha value is -3.48. The van der Waals surface area contributed by atoms with Gasteiger partial charge in [0.2, 0.25) is 5.91 Å².